The van der Waals surface area contributed by atoms with Crippen LogP contribution in [0.4, 0.5) is 18.9 Å². The van der Waals surface area contributed by atoms with Crippen molar-refractivity contribution in [2.75, 3.05) is 58.0 Å². The molecule has 9 nitrogen and oxygen atoms in total. The van der Waals surface area contributed by atoms with Crippen molar-refractivity contribution in [3.05, 3.63) is 99.5 Å². The number of pyridine rings is 1. The molecule has 0 spiro atoms. The van der Waals surface area contributed by atoms with E-state index in [0.29, 0.717) is 44.6 Å². The minimum absolute atomic E-state index is 0.0662. The summed E-state index contributed by atoms with van der Waals surface area (Å²) in [6.07, 6.45) is 0.332. The van der Waals surface area contributed by atoms with Crippen LogP contribution >= 0.6 is 23.2 Å². The zero-order valence-electron chi connectivity index (χ0n) is 26.3. The van der Waals surface area contributed by atoms with Gasteiger partial charge in [-0.15, -0.1) is 0 Å². The average molecular weight is 743 g/mol. The lowest BCUT2D eigenvalue weighted by molar-refractivity contribution is -0.0494. The molecule has 1 fully saturated rings. The third-order valence-electron chi connectivity index (χ3n) is 8.08. The Hall–Kier alpha value is -3.17. The lowest BCUT2D eigenvalue weighted by atomic mass is 9.84. The highest BCUT2D eigenvalue weighted by Crippen LogP contribution is 2.37. The number of halogens is 5. The lowest BCUT2D eigenvalue weighted by Gasteiger charge is -2.32. The molecule has 1 aliphatic heterocycles. The van der Waals surface area contributed by atoms with Gasteiger partial charge in [0.15, 0.2) is 0 Å². The van der Waals surface area contributed by atoms with E-state index in [2.05, 4.69) is 5.32 Å². The molecule has 2 heterocycles. The molecule has 5 rings (SSSR count). The van der Waals surface area contributed by atoms with Crippen molar-refractivity contribution in [3.8, 4) is 5.88 Å². The molecule has 0 atom stereocenters. The molecule has 3 aromatic carbocycles. The second-order valence-corrected chi connectivity index (χ2v) is 14.2. The fourth-order valence-electron chi connectivity index (χ4n) is 5.68. The number of nitrogens with one attached hydrogen (secondary N) is 1. The summed E-state index contributed by atoms with van der Waals surface area (Å²) in [7, 11) is -5.40. The molecule has 0 amide bonds. The van der Waals surface area contributed by atoms with Gasteiger partial charge in [0.05, 0.1) is 38.6 Å². The van der Waals surface area contributed by atoms with Crippen LogP contribution < -0.4 is 10.1 Å². The van der Waals surface area contributed by atoms with Crippen molar-refractivity contribution in [1.82, 2.24) is 9.29 Å². The molecule has 0 unspecified atom stereocenters. The fourth-order valence-corrected chi connectivity index (χ4v) is 6.91. The molecule has 1 aromatic heterocycles. The van der Waals surface area contributed by atoms with E-state index in [1.807, 2.05) is 66.7 Å². The van der Waals surface area contributed by atoms with E-state index < -0.39 is 15.5 Å². The number of fused-ring (bicyclic) bond motifs is 1. The van der Waals surface area contributed by atoms with Gasteiger partial charge in [0.2, 0.25) is 5.88 Å². The summed E-state index contributed by atoms with van der Waals surface area (Å²) >= 11 is 12.4. The molecule has 0 aliphatic carbocycles. The van der Waals surface area contributed by atoms with Crippen LogP contribution in [0.25, 0.3) is 10.9 Å². The maximum absolute atomic E-state index is 13.2. The van der Waals surface area contributed by atoms with E-state index in [4.69, 9.17) is 47.5 Å². The van der Waals surface area contributed by atoms with E-state index in [0.717, 1.165) is 22.1 Å². The summed E-state index contributed by atoms with van der Waals surface area (Å²) in [5, 5.41) is 14.2. The van der Waals surface area contributed by atoms with Gasteiger partial charge in [-0.3, -0.25) is 0 Å². The number of aromatic nitrogens is 1. The number of ether oxygens (including phenoxy) is 3. The molecular weight excluding hydrogens is 706 g/mol. The van der Waals surface area contributed by atoms with Gasteiger partial charge < -0.3 is 24.6 Å². The molecule has 0 saturated carbocycles. The van der Waals surface area contributed by atoms with Crippen LogP contribution in [0.3, 0.4) is 0 Å². The van der Waals surface area contributed by atoms with E-state index >= 15 is 0 Å². The van der Waals surface area contributed by atoms with Crippen molar-refractivity contribution in [2.24, 2.45) is 0 Å². The quantitative estimate of drug-likeness (QED) is 0.101. The number of piperidine rings is 1. The fraction of sp³-hybridized carbons (Fsp3) is 0.382. The number of benzene rings is 3. The van der Waals surface area contributed by atoms with Crippen molar-refractivity contribution in [3.63, 3.8) is 0 Å². The molecule has 4 aromatic rings. The lowest BCUT2D eigenvalue weighted by Crippen LogP contribution is -2.47. The Kier molecular flexibility index (Phi) is 12.6. The van der Waals surface area contributed by atoms with Crippen molar-refractivity contribution < 1.29 is 40.9 Å². The zero-order valence-corrected chi connectivity index (χ0v) is 28.7. The largest absolute Gasteiger partial charge is 0.511 e. The Labute approximate surface area is 292 Å². The normalized spacial score (nSPS) is 14.8. The van der Waals surface area contributed by atoms with Gasteiger partial charge in [-0.25, -0.2) is 13.4 Å². The Morgan fingerprint density at radius 2 is 1.39 bits per heavy atom. The van der Waals surface area contributed by atoms with Gasteiger partial charge >= 0.3 is 15.5 Å². The first-order valence-electron chi connectivity index (χ1n) is 15.6. The van der Waals surface area contributed by atoms with Crippen LogP contribution in [0.2, 0.25) is 10.0 Å². The van der Waals surface area contributed by atoms with Crippen LogP contribution in [0, 0.1) is 0 Å². The number of rotatable bonds is 15. The molecular formula is C34H36Cl2F3N3O6S. The number of hydrogen-bond donors (Lipinski definition) is 2. The van der Waals surface area contributed by atoms with Crippen LogP contribution in [-0.4, -0.2) is 87.1 Å². The highest BCUT2D eigenvalue weighted by molar-refractivity contribution is 7.90. The number of hydrogen-bond acceptors (Lipinski definition) is 8. The van der Waals surface area contributed by atoms with E-state index in [1.165, 1.54) is 0 Å². The second kappa shape index (κ2) is 16.7. The van der Waals surface area contributed by atoms with E-state index in [9.17, 15) is 21.6 Å². The van der Waals surface area contributed by atoms with Gasteiger partial charge in [-0.1, -0.05) is 53.5 Å². The molecule has 15 heteroatoms. The number of sulfonamides is 1. The Morgan fingerprint density at radius 3 is 1.96 bits per heavy atom. The van der Waals surface area contributed by atoms with Crippen molar-refractivity contribution in [2.45, 2.75) is 30.3 Å². The zero-order chi connectivity index (χ0) is 35.0. The van der Waals surface area contributed by atoms with Crippen molar-refractivity contribution >= 4 is 49.8 Å². The summed E-state index contributed by atoms with van der Waals surface area (Å²) in [5.74, 6) is 0.115. The summed E-state index contributed by atoms with van der Waals surface area (Å²) in [6.45, 7) is 0.742. The van der Waals surface area contributed by atoms with Gasteiger partial charge in [-0.2, -0.15) is 17.5 Å². The first kappa shape index (κ1) is 37.1. The summed E-state index contributed by atoms with van der Waals surface area (Å²) in [4.78, 5) is 4.71. The first-order chi connectivity index (χ1) is 23.5. The van der Waals surface area contributed by atoms with Gasteiger partial charge in [0.25, 0.3) is 0 Å². The maximum Gasteiger partial charge on any atom is 0.511 e. The standard InChI is InChI=1S/C34H36Cl2F3N3O6S/c35-26-6-1-23(2-7-26)33(24-3-8-27(36)9-4-24)25-5-10-30-29(21-25)31(22-32(41-30)48-20-19-47-18-17-46-16-15-43)40-28-11-13-42(14-12-28)49(44,45)34(37,38)39/h1-10,21-22,28,33,43H,11-20H2,(H,40,41). The third-order valence-corrected chi connectivity index (χ3v) is 10.2. The van der Waals surface area contributed by atoms with Crippen LogP contribution in [0.15, 0.2) is 72.8 Å². The number of anilines is 1. The van der Waals surface area contributed by atoms with Crippen LogP contribution in [0.5, 0.6) is 5.88 Å². The Bertz CT molecular complexity index is 1740. The monoisotopic (exact) mass is 741 g/mol. The smallest absolute Gasteiger partial charge is 0.475 e. The predicted molar refractivity (Wildman–Crippen MR) is 183 cm³/mol. The number of aliphatic hydroxyl groups excluding tert-OH is 1. The number of nitrogens with zero attached hydrogens (tertiary/aromatic N) is 2. The Morgan fingerprint density at radius 1 is 0.837 bits per heavy atom. The maximum atomic E-state index is 13.2. The van der Waals surface area contributed by atoms with E-state index in [1.54, 1.807) is 6.07 Å². The first-order valence-corrected chi connectivity index (χ1v) is 17.8. The van der Waals surface area contributed by atoms with Gasteiger partial charge in [0, 0.05) is 52.2 Å². The molecule has 1 saturated heterocycles. The number of alkyl halides is 3. The van der Waals surface area contributed by atoms with Crippen molar-refractivity contribution in [1.29, 1.82) is 0 Å². The predicted octanol–water partition coefficient (Wildman–Crippen LogP) is 6.85. The minimum atomic E-state index is -5.40. The second-order valence-electron chi connectivity index (χ2n) is 11.4. The van der Waals surface area contributed by atoms with Gasteiger partial charge in [-0.05, 0) is 65.9 Å². The topological polar surface area (TPSA) is 110 Å². The molecule has 0 radical (unpaired) electrons. The van der Waals surface area contributed by atoms with Crippen LogP contribution in [0.1, 0.15) is 35.4 Å². The highest BCUT2D eigenvalue weighted by Gasteiger charge is 2.50. The SMILES string of the molecule is O=S(=O)(N1CCC(Nc2cc(OCCOCCOCCO)nc3ccc(C(c4ccc(Cl)cc4)c4ccc(Cl)cc4)cc23)CC1)C(F)(F)F. The Balaban J connectivity index is 1.44. The molecule has 0 bridgehead atoms. The molecule has 49 heavy (non-hydrogen) atoms. The summed E-state index contributed by atoms with van der Waals surface area (Å²) in [6, 6.07) is 22.5. The summed E-state index contributed by atoms with van der Waals surface area (Å²) < 4.78 is 80.6. The minimum Gasteiger partial charge on any atom is -0.475 e. The average Bonchev–Trinajstić information content (AvgIpc) is 3.08. The number of aliphatic hydroxyl groups is 1. The third kappa shape index (κ3) is 9.54. The molecule has 264 valence electrons. The summed E-state index contributed by atoms with van der Waals surface area (Å²) in [5.41, 5.74) is -1.16. The molecule has 1 aliphatic rings. The van der Waals surface area contributed by atoms with Crippen LogP contribution in [-0.2, 0) is 19.5 Å². The molecule has 2 N–H and O–H groups in total. The highest BCUT2D eigenvalue weighted by atomic mass is 35.5. The van der Waals surface area contributed by atoms with E-state index in [-0.39, 0.29) is 64.3 Å². The van der Waals surface area contributed by atoms with Gasteiger partial charge in [0.1, 0.15) is 6.61 Å².